The first-order chi connectivity index (χ1) is 17.8. The summed E-state index contributed by atoms with van der Waals surface area (Å²) in [6, 6.07) is 17.7. The Morgan fingerprint density at radius 3 is 2.05 bits per heavy atom. The number of aliphatic hydroxyl groups is 7. The molecule has 0 bridgehead atoms. The van der Waals surface area contributed by atoms with E-state index in [9.17, 15) is 35.7 Å². The van der Waals surface area contributed by atoms with Gasteiger partial charge < -0.3 is 45.2 Å². The lowest BCUT2D eigenvalue weighted by molar-refractivity contribution is -0.322. The molecule has 1 heterocycles. The molecule has 8 atom stereocenters. The van der Waals surface area contributed by atoms with Crippen molar-refractivity contribution in [1.82, 2.24) is 0 Å². The van der Waals surface area contributed by atoms with Crippen LogP contribution in [0.25, 0.3) is 0 Å². The van der Waals surface area contributed by atoms with Gasteiger partial charge in [-0.3, -0.25) is 10.9 Å². The van der Waals surface area contributed by atoms with E-state index in [4.69, 9.17) is 9.47 Å². The molecule has 37 heavy (non-hydrogen) atoms. The summed E-state index contributed by atoms with van der Waals surface area (Å²) in [5.41, 5.74) is 6.59. The van der Waals surface area contributed by atoms with Gasteiger partial charge in [-0.1, -0.05) is 36.4 Å². The van der Waals surface area contributed by atoms with E-state index in [1.807, 2.05) is 6.07 Å². The maximum Gasteiger partial charge on any atom is 0.187 e. The van der Waals surface area contributed by atoms with Gasteiger partial charge in [-0.05, 0) is 24.3 Å². The van der Waals surface area contributed by atoms with Gasteiger partial charge in [0.25, 0.3) is 0 Å². The number of nitrogens with one attached hydrogen (secondary N) is 2. The van der Waals surface area contributed by atoms with Crippen molar-refractivity contribution in [3.8, 4) is 0 Å². The molecule has 0 radical (unpaired) electrons. The van der Waals surface area contributed by atoms with E-state index < -0.39 is 62.2 Å². The zero-order chi connectivity index (χ0) is 26.8. The molecule has 13 heteroatoms. The van der Waals surface area contributed by atoms with E-state index in [-0.39, 0.29) is 5.71 Å². The third-order valence-corrected chi connectivity index (χ3v) is 5.57. The minimum atomic E-state index is -1.80. The first-order valence-corrected chi connectivity index (χ1v) is 11.5. The summed E-state index contributed by atoms with van der Waals surface area (Å²) < 4.78 is 10.9. The van der Waals surface area contributed by atoms with Gasteiger partial charge in [0.15, 0.2) is 6.29 Å². The number of hydrogen-bond acceptors (Lipinski definition) is 13. The van der Waals surface area contributed by atoms with Crippen molar-refractivity contribution in [1.29, 1.82) is 0 Å². The molecule has 1 saturated heterocycles. The third kappa shape index (κ3) is 7.75. The standard InChI is InChI=1S/C24H32N4O9/c29-12-17(31)23(37-24-22(35)21(34)20(33)18(13-30)36-24)19(32)16(28-27-15-9-5-2-6-10-15)11-25-26-14-7-3-1-4-8-14/h1-11,17-24,26-27,29-35H,12-13H2/t17-,18-,19-,20-,21+,22-,23-,24+/m1/s1. The van der Waals surface area contributed by atoms with Gasteiger partial charge in [-0.25, -0.2) is 0 Å². The maximum atomic E-state index is 11.1. The summed E-state index contributed by atoms with van der Waals surface area (Å²) in [6.45, 7) is -1.55. The smallest absolute Gasteiger partial charge is 0.187 e. The first-order valence-electron chi connectivity index (χ1n) is 11.5. The topological polar surface area (TPSA) is 209 Å². The van der Waals surface area contributed by atoms with Crippen molar-refractivity contribution >= 4 is 23.3 Å². The van der Waals surface area contributed by atoms with Crippen molar-refractivity contribution < 1.29 is 45.2 Å². The van der Waals surface area contributed by atoms with Crippen LogP contribution in [0.2, 0.25) is 0 Å². The van der Waals surface area contributed by atoms with Crippen LogP contribution in [-0.4, -0.2) is 110 Å². The van der Waals surface area contributed by atoms with Crippen molar-refractivity contribution in [2.24, 2.45) is 10.2 Å². The van der Waals surface area contributed by atoms with Crippen LogP contribution in [0, 0.1) is 0 Å². The number of ether oxygens (including phenoxy) is 2. The van der Waals surface area contributed by atoms with Crippen LogP contribution in [0.1, 0.15) is 0 Å². The Morgan fingerprint density at radius 1 is 0.892 bits per heavy atom. The van der Waals surface area contributed by atoms with E-state index in [1.165, 1.54) is 6.21 Å². The summed E-state index contributed by atoms with van der Waals surface area (Å²) >= 11 is 0. The summed E-state index contributed by atoms with van der Waals surface area (Å²) in [5.74, 6) is 0. The molecule has 2 aromatic carbocycles. The number of para-hydroxylation sites is 2. The number of anilines is 2. The van der Waals surface area contributed by atoms with E-state index >= 15 is 0 Å². The fourth-order valence-electron chi connectivity index (χ4n) is 3.48. The number of aliphatic hydroxyl groups excluding tert-OH is 7. The van der Waals surface area contributed by atoms with Gasteiger partial charge in [0.2, 0.25) is 0 Å². The lowest BCUT2D eigenvalue weighted by Crippen LogP contribution is -2.61. The molecule has 202 valence electrons. The monoisotopic (exact) mass is 520 g/mol. The van der Waals surface area contributed by atoms with Crippen LogP contribution >= 0.6 is 0 Å². The van der Waals surface area contributed by atoms with E-state index in [0.29, 0.717) is 11.4 Å². The highest BCUT2D eigenvalue weighted by atomic mass is 16.7. The van der Waals surface area contributed by atoms with Crippen molar-refractivity contribution in [2.45, 2.75) is 49.0 Å². The highest BCUT2D eigenvalue weighted by Gasteiger charge is 2.46. The fourth-order valence-corrected chi connectivity index (χ4v) is 3.48. The molecule has 0 aliphatic carbocycles. The van der Waals surface area contributed by atoms with Gasteiger partial charge in [0.05, 0.1) is 30.8 Å². The molecule has 13 nitrogen and oxygen atoms in total. The molecule has 2 aromatic rings. The lowest BCUT2D eigenvalue weighted by Gasteiger charge is -2.41. The molecule has 0 saturated carbocycles. The molecule has 1 aliphatic rings. The molecule has 0 unspecified atom stereocenters. The van der Waals surface area contributed by atoms with Crippen LogP contribution in [0.15, 0.2) is 70.9 Å². The molecule has 0 aromatic heterocycles. The molecule has 0 spiro atoms. The molecule has 0 amide bonds. The van der Waals surface area contributed by atoms with Crippen LogP contribution in [0.4, 0.5) is 11.4 Å². The van der Waals surface area contributed by atoms with Gasteiger partial charge in [0.1, 0.15) is 48.4 Å². The van der Waals surface area contributed by atoms with Crippen molar-refractivity contribution in [3.63, 3.8) is 0 Å². The quantitative estimate of drug-likeness (QED) is 0.116. The summed E-state index contributed by atoms with van der Waals surface area (Å²) in [7, 11) is 0. The minimum absolute atomic E-state index is 0.144. The largest absolute Gasteiger partial charge is 0.394 e. The lowest BCUT2D eigenvalue weighted by atomic mass is 9.98. The number of benzene rings is 2. The fraction of sp³-hybridized carbons (Fsp3) is 0.417. The molecule has 9 N–H and O–H groups in total. The van der Waals surface area contributed by atoms with Crippen molar-refractivity contribution in [2.75, 3.05) is 24.1 Å². The number of rotatable bonds is 12. The Balaban J connectivity index is 1.85. The second-order valence-electron chi connectivity index (χ2n) is 8.24. The van der Waals surface area contributed by atoms with E-state index in [1.54, 1.807) is 54.6 Å². The van der Waals surface area contributed by atoms with Crippen LogP contribution in [0.5, 0.6) is 0 Å². The van der Waals surface area contributed by atoms with Crippen molar-refractivity contribution in [3.05, 3.63) is 60.7 Å². The zero-order valence-corrected chi connectivity index (χ0v) is 19.7. The zero-order valence-electron chi connectivity index (χ0n) is 19.7. The predicted molar refractivity (Wildman–Crippen MR) is 134 cm³/mol. The molecule has 1 aliphatic heterocycles. The van der Waals surface area contributed by atoms with Gasteiger partial charge in [-0.15, -0.1) is 0 Å². The van der Waals surface area contributed by atoms with Gasteiger partial charge in [-0.2, -0.15) is 10.2 Å². The first kappa shape index (κ1) is 28.6. The Bertz CT molecular complexity index is 996. The third-order valence-electron chi connectivity index (χ3n) is 5.57. The summed E-state index contributed by atoms with van der Waals surface area (Å²) in [5, 5.41) is 79.1. The van der Waals surface area contributed by atoms with E-state index in [0.717, 1.165) is 0 Å². The maximum absolute atomic E-state index is 11.1. The molecule has 3 rings (SSSR count). The highest BCUT2D eigenvalue weighted by Crippen LogP contribution is 2.24. The Morgan fingerprint density at radius 2 is 1.49 bits per heavy atom. The number of hydrazone groups is 2. The number of hydrogen-bond donors (Lipinski definition) is 9. The average Bonchev–Trinajstić information content (AvgIpc) is 2.93. The predicted octanol–water partition coefficient (Wildman–Crippen LogP) is -1.55. The minimum Gasteiger partial charge on any atom is -0.394 e. The Hall–Kier alpha value is -2.98. The van der Waals surface area contributed by atoms with Gasteiger partial charge in [0, 0.05) is 0 Å². The Labute approximate surface area is 212 Å². The second-order valence-corrected chi connectivity index (χ2v) is 8.24. The molecule has 1 fully saturated rings. The van der Waals surface area contributed by atoms with Crippen LogP contribution in [0.3, 0.4) is 0 Å². The normalized spacial score (nSPS) is 27.0. The van der Waals surface area contributed by atoms with E-state index in [2.05, 4.69) is 21.1 Å². The summed E-state index contributed by atoms with van der Waals surface area (Å²) in [4.78, 5) is 0. The Kier molecular flexibility index (Phi) is 10.9. The second kappa shape index (κ2) is 14.1. The van der Waals surface area contributed by atoms with Gasteiger partial charge >= 0.3 is 0 Å². The highest BCUT2D eigenvalue weighted by molar-refractivity contribution is 6.33. The van der Waals surface area contributed by atoms with Crippen LogP contribution in [-0.2, 0) is 9.47 Å². The average molecular weight is 521 g/mol. The molecular formula is C24H32N4O9. The summed E-state index contributed by atoms with van der Waals surface area (Å²) in [6.07, 6.45) is -12.1. The SMILES string of the molecule is OC[C@@H](O)[C@@H](O[C@@H]1O[C@H](CO)[C@@H](O)[C@H](O)[C@H]1O)[C@H](O)C(C=NNc1ccccc1)=NNc1ccccc1. The molecular weight excluding hydrogens is 488 g/mol. The van der Waals surface area contributed by atoms with Crippen LogP contribution < -0.4 is 10.9 Å². The number of nitrogens with zero attached hydrogens (tertiary/aromatic N) is 2.